The Kier molecular flexibility index (Phi) is 9.16. The van der Waals surface area contributed by atoms with Crippen LogP contribution < -0.4 is 26.4 Å². The first-order valence-corrected chi connectivity index (χ1v) is 15.9. The van der Waals surface area contributed by atoms with E-state index in [-0.39, 0.29) is 29.8 Å². The minimum absolute atomic E-state index is 0.0321. The molecule has 6 N–H and O–H groups in total. The van der Waals surface area contributed by atoms with Gasteiger partial charge in [-0.1, -0.05) is 5.16 Å². The van der Waals surface area contributed by atoms with Gasteiger partial charge in [0.1, 0.15) is 29.9 Å². The van der Waals surface area contributed by atoms with Crippen LogP contribution in [-0.4, -0.2) is 89.5 Å². The third-order valence-corrected chi connectivity index (χ3v) is 8.06. The Hall–Kier alpha value is -4.10. The molecule has 3 aromatic rings. The molecule has 2 aromatic heterocycles. The Morgan fingerprint density at radius 2 is 2.00 bits per heavy atom. The molecule has 44 heavy (non-hydrogen) atoms. The van der Waals surface area contributed by atoms with E-state index < -0.39 is 33.8 Å². The van der Waals surface area contributed by atoms with E-state index in [4.69, 9.17) is 24.8 Å². The molecule has 2 aliphatic rings. The van der Waals surface area contributed by atoms with Crippen LogP contribution in [0.25, 0.3) is 10.9 Å². The number of thiazole rings is 1. The quantitative estimate of drug-likeness (QED) is 0.0611. The number of pyridine rings is 1. The highest BCUT2D eigenvalue weighted by molar-refractivity contribution is 7.80. The molecular formula is C26H32N8O8S2. The second-order valence-corrected chi connectivity index (χ2v) is 12.5. The van der Waals surface area contributed by atoms with Gasteiger partial charge in [0.25, 0.3) is 11.8 Å². The SMILES string of the molecule is CC1(C)[C@H](NC(=O)/C(=N\OCCOc2ccc3nc(NC4CCNCC4)ccc3c2)c2csc(N)n2)C(=O)N1OS(=O)(=O)O. The lowest BCUT2D eigenvalue weighted by Gasteiger charge is -2.50. The number of fused-ring (bicyclic) bond motifs is 1. The number of hydroxylamine groups is 2. The first kappa shape index (κ1) is 31.3. The van der Waals surface area contributed by atoms with Crippen molar-refractivity contribution < 1.29 is 36.4 Å². The third kappa shape index (κ3) is 7.33. The highest BCUT2D eigenvalue weighted by Gasteiger charge is 2.58. The molecule has 0 aliphatic carbocycles. The molecule has 2 saturated heterocycles. The largest absolute Gasteiger partial charge is 0.490 e. The number of anilines is 2. The topological polar surface area (TPSA) is 220 Å². The molecule has 1 atom stereocenters. The summed E-state index contributed by atoms with van der Waals surface area (Å²) in [7, 11) is -4.95. The zero-order chi connectivity index (χ0) is 31.5. The smallest absolute Gasteiger partial charge is 0.418 e. The first-order valence-electron chi connectivity index (χ1n) is 13.6. The average molecular weight is 649 g/mol. The number of hydrogen-bond donors (Lipinski definition) is 5. The van der Waals surface area contributed by atoms with Crippen molar-refractivity contribution >= 4 is 61.1 Å². The number of piperidine rings is 1. The van der Waals surface area contributed by atoms with Crippen LogP contribution in [0.5, 0.6) is 5.75 Å². The maximum absolute atomic E-state index is 13.1. The van der Waals surface area contributed by atoms with Gasteiger partial charge in [-0.05, 0) is 70.1 Å². The van der Waals surface area contributed by atoms with Crippen LogP contribution in [0.3, 0.4) is 0 Å². The van der Waals surface area contributed by atoms with Crippen molar-refractivity contribution in [2.75, 3.05) is 37.4 Å². The molecule has 0 radical (unpaired) electrons. The summed E-state index contributed by atoms with van der Waals surface area (Å²) in [5.41, 5.74) is 5.08. The summed E-state index contributed by atoms with van der Waals surface area (Å²) < 4.78 is 41.2. The maximum atomic E-state index is 13.1. The van der Waals surface area contributed by atoms with Crippen molar-refractivity contribution in [1.29, 1.82) is 0 Å². The second kappa shape index (κ2) is 12.9. The predicted molar refractivity (Wildman–Crippen MR) is 161 cm³/mol. The van der Waals surface area contributed by atoms with Crippen LogP contribution >= 0.6 is 11.3 Å². The van der Waals surface area contributed by atoms with Crippen molar-refractivity contribution in [2.45, 2.75) is 44.3 Å². The number of benzene rings is 1. The van der Waals surface area contributed by atoms with Crippen LogP contribution in [0.2, 0.25) is 0 Å². The van der Waals surface area contributed by atoms with Gasteiger partial charge in [0.15, 0.2) is 17.5 Å². The lowest BCUT2D eigenvalue weighted by molar-refractivity contribution is -0.218. The normalized spacial score (nSPS) is 19.0. The molecule has 236 valence electrons. The maximum Gasteiger partial charge on any atom is 0.418 e. The Labute approximate surface area is 256 Å². The number of nitrogens with one attached hydrogen (secondary N) is 3. The Morgan fingerprint density at radius 3 is 2.68 bits per heavy atom. The van der Waals surface area contributed by atoms with E-state index in [1.165, 1.54) is 19.2 Å². The van der Waals surface area contributed by atoms with Gasteiger partial charge in [0.2, 0.25) is 0 Å². The van der Waals surface area contributed by atoms with Gasteiger partial charge < -0.3 is 31.3 Å². The van der Waals surface area contributed by atoms with Gasteiger partial charge in [-0.15, -0.1) is 15.6 Å². The molecule has 2 amide bonds. The summed E-state index contributed by atoms with van der Waals surface area (Å²) in [6.45, 7) is 4.92. The highest BCUT2D eigenvalue weighted by Crippen LogP contribution is 2.33. The molecule has 0 bridgehead atoms. The van der Waals surface area contributed by atoms with Gasteiger partial charge in [-0.25, -0.2) is 9.97 Å². The monoisotopic (exact) mass is 648 g/mol. The second-order valence-electron chi connectivity index (χ2n) is 10.6. The number of nitrogens with two attached hydrogens (primary N) is 1. The van der Waals surface area contributed by atoms with Crippen LogP contribution in [0.15, 0.2) is 40.9 Å². The predicted octanol–water partition coefficient (Wildman–Crippen LogP) is 1.08. The van der Waals surface area contributed by atoms with Crippen LogP contribution in [-0.2, 0) is 29.1 Å². The lowest BCUT2D eigenvalue weighted by atomic mass is 9.84. The lowest BCUT2D eigenvalue weighted by Crippen LogP contribution is -2.76. The molecule has 0 spiro atoms. The number of carbonyl (C=O) groups excluding carboxylic acids is 2. The van der Waals surface area contributed by atoms with Gasteiger partial charge >= 0.3 is 10.4 Å². The zero-order valence-electron chi connectivity index (χ0n) is 23.8. The summed E-state index contributed by atoms with van der Waals surface area (Å²) in [4.78, 5) is 39.7. The number of rotatable bonds is 12. The van der Waals surface area contributed by atoms with E-state index in [0.717, 1.165) is 54.0 Å². The fraction of sp³-hybridized carbons (Fsp3) is 0.423. The molecule has 0 unspecified atom stereocenters. The summed E-state index contributed by atoms with van der Waals surface area (Å²) in [5.74, 6) is -0.295. The number of nitrogens with zero attached hydrogens (tertiary/aromatic N) is 4. The summed E-state index contributed by atoms with van der Waals surface area (Å²) in [5, 5.41) is 16.3. The minimum Gasteiger partial charge on any atom is -0.490 e. The zero-order valence-corrected chi connectivity index (χ0v) is 25.5. The number of amides is 2. The fourth-order valence-corrected chi connectivity index (χ4v) is 5.78. The molecule has 18 heteroatoms. The summed E-state index contributed by atoms with van der Waals surface area (Å²) in [6.07, 6.45) is 2.10. The van der Waals surface area contributed by atoms with Crippen molar-refractivity contribution in [3.05, 3.63) is 41.4 Å². The summed E-state index contributed by atoms with van der Waals surface area (Å²) >= 11 is 1.07. The number of oxime groups is 1. The van der Waals surface area contributed by atoms with Gasteiger partial charge in [-0.2, -0.15) is 13.5 Å². The van der Waals surface area contributed by atoms with E-state index in [0.29, 0.717) is 16.9 Å². The molecule has 1 aromatic carbocycles. The van der Waals surface area contributed by atoms with Crippen LogP contribution in [0.1, 0.15) is 32.4 Å². The number of hydrogen-bond acceptors (Lipinski definition) is 14. The van der Waals surface area contributed by atoms with Crippen molar-refractivity contribution in [3.63, 3.8) is 0 Å². The number of nitrogen functional groups attached to an aromatic ring is 1. The van der Waals surface area contributed by atoms with E-state index in [1.807, 2.05) is 24.3 Å². The van der Waals surface area contributed by atoms with Crippen molar-refractivity contribution in [3.8, 4) is 5.75 Å². The molecule has 4 heterocycles. The van der Waals surface area contributed by atoms with Gasteiger partial charge in [0, 0.05) is 16.8 Å². The Morgan fingerprint density at radius 1 is 1.23 bits per heavy atom. The third-order valence-electron chi connectivity index (χ3n) is 7.05. The molecule has 2 fully saturated rings. The standard InChI is InChI=1S/C26H32N8O8S2/c1-26(2)22(24(36)34(26)42-44(37,38)39)32-23(35)21(19-14-43-25(27)31-19)33-41-12-11-40-17-4-5-18-15(13-17)3-6-20(30-18)29-16-7-9-28-10-8-16/h3-6,13-14,16,22,28H,7-12H2,1-2H3,(H2,27,31)(H,29,30)(H,32,35)(H,37,38,39)/b33-21-/t22-/m1/s1. The van der Waals surface area contributed by atoms with Crippen LogP contribution in [0.4, 0.5) is 10.9 Å². The van der Waals surface area contributed by atoms with Crippen molar-refractivity contribution in [2.24, 2.45) is 5.16 Å². The van der Waals surface area contributed by atoms with E-state index >= 15 is 0 Å². The Bertz CT molecular complexity index is 1670. The highest BCUT2D eigenvalue weighted by atomic mass is 32.3. The van der Waals surface area contributed by atoms with Crippen molar-refractivity contribution in [1.82, 2.24) is 25.7 Å². The number of ether oxygens (including phenoxy) is 1. The van der Waals surface area contributed by atoms with Crippen LogP contribution in [0, 0.1) is 0 Å². The molecule has 16 nitrogen and oxygen atoms in total. The minimum atomic E-state index is -4.95. The molecule has 0 saturated carbocycles. The first-order chi connectivity index (χ1) is 20.9. The van der Waals surface area contributed by atoms with E-state index in [2.05, 4.69) is 30.4 Å². The number of β-lactam (4-membered cyclic amide) rings is 1. The molecule has 5 rings (SSSR count). The number of carbonyl (C=O) groups is 2. The summed E-state index contributed by atoms with van der Waals surface area (Å²) in [6, 6.07) is 8.67. The molecular weight excluding hydrogens is 616 g/mol. The van der Waals surface area contributed by atoms with Gasteiger partial charge in [-0.3, -0.25) is 14.1 Å². The van der Waals surface area contributed by atoms with E-state index in [9.17, 15) is 18.0 Å². The average Bonchev–Trinajstić information content (AvgIpc) is 3.41. The number of aromatic nitrogens is 2. The molecule has 2 aliphatic heterocycles. The van der Waals surface area contributed by atoms with E-state index in [1.54, 1.807) is 6.07 Å². The fourth-order valence-electron chi connectivity index (χ4n) is 4.78. The van der Waals surface area contributed by atoms with Gasteiger partial charge in [0.05, 0.1) is 11.1 Å². The Balaban J connectivity index is 1.17.